The van der Waals surface area contributed by atoms with Gasteiger partial charge in [0, 0.05) is 6.42 Å². The van der Waals surface area contributed by atoms with Crippen LogP contribution in [0.4, 0.5) is 0 Å². The maximum atomic E-state index is 12.0. The minimum atomic E-state index is -0.521. The average molecular weight is 370 g/mol. The molecule has 0 aromatic heterocycles. The van der Waals surface area contributed by atoms with Crippen LogP contribution in [0.2, 0.25) is 0 Å². The van der Waals surface area contributed by atoms with E-state index in [2.05, 4.69) is 43.6 Å². The fourth-order valence-electron chi connectivity index (χ4n) is 2.81. The fraction of sp³-hybridized carbons (Fsp3) is 0.455. The molecule has 0 radical (unpaired) electrons. The van der Waals surface area contributed by atoms with Crippen molar-refractivity contribution in [3.8, 4) is 5.75 Å². The molecule has 0 spiro atoms. The minimum absolute atomic E-state index is 0.142. The molecule has 0 bridgehead atoms. The molecule has 5 heteroatoms. The van der Waals surface area contributed by atoms with E-state index in [1.165, 1.54) is 11.1 Å². The Morgan fingerprint density at radius 1 is 1.04 bits per heavy atom. The van der Waals surface area contributed by atoms with Crippen molar-refractivity contribution < 1.29 is 14.3 Å². The number of hydrogen-bond acceptors (Lipinski definition) is 3. The molecule has 1 heterocycles. The number of amides is 2. The molecule has 27 heavy (non-hydrogen) atoms. The summed E-state index contributed by atoms with van der Waals surface area (Å²) in [5.74, 6) is 0.500. The third kappa shape index (κ3) is 6.93. The van der Waals surface area contributed by atoms with Crippen LogP contribution in [-0.2, 0) is 16.0 Å². The standard InChI is InChI=1S/C22H30N2O3/c1-15(2)6-5-7-16(3)12-13-27-19-10-8-18(9-11-19)14-20-22(26)23-17(4)21(25)24-20/h6,8-12,17,20H,5,7,13-14H2,1-4H3,(H,23,26)(H,24,25). The average Bonchev–Trinajstić information content (AvgIpc) is 2.61. The Hall–Kier alpha value is -2.56. The molecule has 5 nitrogen and oxygen atoms in total. The Labute approximate surface area is 161 Å². The number of nitrogens with one attached hydrogen (secondary N) is 2. The van der Waals surface area contributed by atoms with E-state index in [-0.39, 0.29) is 11.8 Å². The number of carbonyl (C=O) groups is 2. The summed E-state index contributed by atoms with van der Waals surface area (Å²) in [4.78, 5) is 23.7. The van der Waals surface area contributed by atoms with Crippen LogP contribution in [0.5, 0.6) is 5.75 Å². The Morgan fingerprint density at radius 2 is 1.74 bits per heavy atom. The van der Waals surface area contributed by atoms with E-state index in [9.17, 15) is 9.59 Å². The SMILES string of the molecule is CC(C)=CCCC(C)=CCOc1ccc(CC2NC(=O)C(C)NC2=O)cc1. The lowest BCUT2D eigenvalue weighted by Gasteiger charge is -2.27. The largest absolute Gasteiger partial charge is 0.490 e. The van der Waals surface area contributed by atoms with Gasteiger partial charge in [0.15, 0.2) is 0 Å². The number of ether oxygens (including phenoxy) is 1. The van der Waals surface area contributed by atoms with Crippen molar-refractivity contribution in [3.05, 3.63) is 53.1 Å². The van der Waals surface area contributed by atoms with Gasteiger partial charge in [-0.15, -0.1) is 0 Å². The highest BCUT2D eigenvalue weighted by Gasteiger charge is 2.30. The molecule has 1 aromatic rings. The van der Waals surface area contributed by atoms with Gasteiger partial charge in [-0.2, -0.15) is 0 Å². The summed E-state index contributed by atoms with van der Waals surface area (Å²) < 4.78 is 5.76. The number of allylic oxidation sites excluding steroid dienone is 3. The predicted molar refractivity (Wildman–Crippen MR) is 108 cm³/mol. The zero-order valence-electron chi connectivity index (χ0n) is 16.7. The second-order valence-electron chi connectivity index (χ2n) is 7.32. The van der Waals surface area contributed by atoms with Crippen LogP contribution >= 0.6 is 0 Å². The molecular weight excluding hydrogens is 340 g/mol. The van der Waals surface area contributed by atoms with Crippen molar-refractivity contribution in [1.82, 2.24) is 10.6 Å². The van der Waals surface area contributed by atoms with E-state index in [0.29, 0.717) is 13.0 Å². The molecule has 2 amide bonds. The first-order valence-corrected chi connectivity index (χ1v) is 9.46. The highest BCUT2D eigenvalue weighted by atomic mass is 16.5. The van der Waals surface area contributed by atoms with E-state index in [4.69, 9.17) is 4.74 Å². The number of carbonyl (C=O) groups excluding carboxylic acids is 2. The second-order valence-corrected chi connectivity index (χ2v) is 7.32. The number of hydrogen-bond donors (Lipinski definition) is 2. The molecule has 2 atom stereocenters. The Bertz CT molecular complexity index is 716. The van der Waals surface area contributed by atoms with Gasteiger partial charge < -0.3 is 15.4 Å². The molecule has 1 aliphatic heterocycles. The zero-order valence-corrected chi connectivity index (χ0v) is 16.7. The molecule has 1 aromatic carbocycles. The van der Waals surface area contributed by atoms with Crippen LogP contribution < -0.4 is 15.4 Å². The van der Waals surface area contributed by atoms with Gasteiger partial charge in [0.1, 0.15) is 24.4 Å². The van der Waals surface area contributed by atoms with Gasteiger partial charge in [0.2, 0.25) is 11.8 Å². The number of benzene rings is 1. The van der Waals surface area contributed by atoms with E-state index < -0.39 is 12.1 Å². The smallest absolute Gasteiger partial charge is 0.243 e. The molecule has 2 N–H and O–H groups in total. The lowest BCUT2D eigenvalue weighted by Crippen LogP contribution is -2.61. The highest BCUT2D eigenvalue weighted by Crippen LogP contribution is 2.15. The molecular formula is C22H30N2O3. The first-order chi connectivity index (χ1) is 12.8. The van der Waals surface area contributed by atoms with Gasteiger partial charge in [0.25, 0.3) is 0 Å². The van der Waals surface area contributed by atoms with E-state index in [1.54, 1.807) is 6.92 Å². The van der Waals surface area contributed by atoms with Gasteiger partial charge in [-0.3, -0.25) is 9.59 Å². The van der Waals surface area contributed by atoms with Crippen LogP contribution in [0.3, 0.4) is 0 Å². The quantitative estimate of drug-likeness (QED) is 0.690. The van der Waals surface area contributed by atoms with E-state index in [0.717, 1.165) is 24.2 Å². The maximum Gasteiger partial charge on any atom is 0.243 e. The van der Waals surface area contributed by atoms with Gasteiger partial charge in [-0.1, -0.05) is 29.4 Å². The topological polar surface area (TPSA) is 67.4 Å². The summed E-state index contributed by atoms with van der Waals surface area (Å²) in [7, 11) is 0. The molecule has 1 saturated heterocycles. The van der Waals surface area contributed by atoms with Crippen molar-refractivity contribution in [2.24, 2.45) is 0 Å². The third-order valence-corrected chi connectivity index (χ3v) is 4.52. The van der Waals surface area contributed by atoms with E-state index >= 15 is 0 Å². The van der Waals surface area contributed by atoms with Gasteiger partial charge in [-0.25, -0.2) is 0 Å². The van der Waals surface area contributed by atoms with Crippen LogP contribution in [0.15, 0.2) is 47.6 Å². The monoisotopic (exact) mass is 370 g/mol. The van der Waals surface area contributed by atoms with Gasteiger partial charge in [0.05, 0.1) is 0 Å². The summed E-state index contributed by atoms with van der Waals surface area (Å²) in [6, 6.07) is 6.66. The number of rotatable bonds is 8. The third-order valence-electron chi connectivity index (χ3n) is 4.52. The summed E-state index contributed by atoms with van der Waals surface area (Å²) in [6.45, 7) is 8.56. The van der Waals surface area contributed by atoms with Crippen LogP contribution in [-0.4, -0.2) is 30.5 Å². The molecule has 2 unspecified atom stereocenters. The summed E-state index contributed by atoms with van der Waals surface area (Å²) in [5.41, 5.74) is 3.64. The zero-order chi connectivity index (χ0) is 19.8. The maximum absolute atomic E-state index is 12.0. The van der Waals surface area contributed by atoms with Crippen molar-refractivity contribution in [1.29, 1.82) is 0 Å². The predicted octanol–water partition coefficient (Wildman–Crippen LogP) is 3.30. The molecule has 1 fully saturated rings. The summed E-state index contributed by atoms with van der Waals surface area (Å²) in [5, 5.41) is 5.44. The van der Waals surface area contributed by atoms with Gasteiger partial charge >= 0.3 is 0 Å². The van der Waals surface area contributed by atoms with Gasteiger partial charge in [-0.05, 0) is 64.3 Å². The highest BCUT2D eigenvalue weighted by molar-refractivity contribution is 5.96. The molecule has 0 saturated carbocycles. The van der Waals surface area contributed by atoms with Crippen molar-refractivity contribution in [2.75, 3.05) is 6.61 Å². The first-order valence-electron chi connectivity index (χ1n) is 9.46. The minimum Gasteiger partial charge on any atom is -0.490 e. The lowest BCUT2D eigenvalue weighted by molar-refractivity contribution is -0.136. The van der Waals surface area contributed by atoms with Crippen molar-refractivity contribution in [2.45, 2.75) is 59.0 Å². The Balaban J connectivity index is 1.80. The van der Waals surface area contributed by atoms with Crippen LogP contribution in [0.25, 0.3) is 0 Å². The van der Waals surface area contributed by atoms with Crippen LogP contribution in [0, 0.1) is 0 Å². The Morgan fingerprint density at radius 3 is 2.41 bits per heavy atom. The number of piperazine rings is 1. The Kier molecular flexibility index (Phi) is 7.65. The first kappa shape index (κ1) is 20.7. The summed E-state index contributed by atoms with van der Waals surface area (Å²) >= 11 is 0. The second kappa shape index (κ2) is 9.95. The van der Waals surface area contributed by atoms with Crippen molar-refractivity contribution in [3.63, 3.8) is 0 Å². The normalized spacial score (nSPS) is 19.9. The molecule has 0 aliphatic carbocycles. The van der Waals surface area contributed by atoms with E-state index in [1.807, 2.05) is 24.3 Å². The lowest BCUT2D eigenvalue weighted by atomic mass is 10.0. The molecule has 2 rings (SSSR count). The van der Waals surface area contributed by atoms with Crippen molar-refractivity contribution >= 4 is 11.8 Å². The molecule has 1 aliphatic rings. The van der Waals surface area contributed by atoms with Crippen LogP contribution in [0.1, 0.15) is 46.1 Å². The molecule has 146 valence electrons. The summed E-state index contributed by atoms with van der Waals surface area (Å²) in [6.07, 6.45) is 6.92. The fourth-order valence-corrected chi connectivity index (χ4v) is 2.81.